The van der Waals surface area contributed by atoms with Gasteiger partial charge >= 0.3 is 85.5 Å². The summed E-state index contributed by atoms with van der Waals surface area (Å²) in [6.07, 6.45) is -18.4. The molecule has 0 bridgehead atoms. The molecule has 1 fully saturated rings. The van der Waals surface area contributed by atoms with E-state index in [9.17, 15) is 87.2 Å². The van der Waals surface area contributed by atoms with Gasteiger partial charge in [-0.1, -0.05) is 78.9 Å². The van der Waals surface area contributed by atoms with Crippen LogP contribution in [-0.2, 0) is 61.7 Å². The van der Waals surface area contributed by atoms with Gasteiger partial charge in [0.1, 0.15) is 18.8 Å². The van der Waals surface area contributed by atoms with Crippen molar-refractivity contribution < 1.29 is 152 Å². The first kappa shape index (κ1) is 103. The van der Waals surface area contributed by atoms with Gasteiger partial charge in [-0.25, -0.2) is 14.4 Å². The number of halogens is 14. The molecule has 636 valence electrons. The van der Waals surface area contributed by atoms with E-state index in [1.54, 1.807) is 13.8 Å². The molecular formula is C65H105F14N5O19P2S4. The summed E-state index contributed by atoms with van der Waals surface area (Å²) < 4.78 is 245. The van der Waals surface area contributed by atoms with Crippen LogP contribution in [0.4, 0.5) is 71.1 Å². The minimum absolute atomic E-state index is 0.228. The third-order valence-electron chi connectivity index (χ3n) is 20.9. The summed E-state index contributed by atoms with van der Waals surface area (Å²) >= 11 is 12.1. The molecule has 44 heteroatoms. The van der Waals surface area contributed by atoms with Gasteiger partial charge in [0.15, 0.2) is 21.6 Å². The fraction of sp³-hybridized carbons (Fsp3) is 0.862. The van der Waals surface area contributed by atoms with Crippen molar-refractivity contribution in [1.29, 1.82) is 0 Å². The van der Waals surface area contributed by atoms with Crippen molar-refractivity contribution in [1.82, 2.24) is 26.2 Å². The van der Waals surface area contributed by atoms with Crippen molar-refractivity contribution in [2.45, 2.75) is 233 Å². The quantitative estimate of drug-likeness (QED) is 0.00704. The van der Waals surface area contributed by atoms with Crippen LogP contribution in [0, 0.1) is 43.8 Å². The standard InChI is InChI=1S/C65H105F14N5O19P2S4/c1-37(2)102-47(106)108-53(13,14)56(18,42(87)100-35-60(66,67)62(70,71)64(74,75)76)33-51(9,10)52(11,12)55(17,41(86)98-27-23-81-46(91)83-26-30-105(94,95)96)31-49(5,6)39(40(85)97-22)50(7,8)32-59(44(89)99-28-24-80-45(90)82-25-29-104(92)93)34-57(59,19)84(21)58(20,54(15,16)109-48(107)103-38(3)4)43(88)101-36-61(68,69)63(72,73)65(77,78)79/h37-39,92-93H,23-36H2,1-22H3,(H2,80,82,90)(H2,81,83,91)(H2,94,95,96). The van der Waals surface area contributed by atoms with E-state index >= 15 is 31.9 Å². The van der Waals surface area contributed by atoms with Gasteiger partial charge in [0, 0.05) is 34.3 Å². The molecule has 109 heavy (non-hydrogen) atoms. The molecule has 0 aromatic rings. The molecule has 6 unspecified atom stereocenters. The van der Waals surface area contributed by atoms with Crippen LogP contribution in [0.2, 0.25) is 0 Å². The summed E-state index contributed by atoms with van der Waals surface area (Å²) in [6, 6.07) is -1.88. The molecule has 0 heterocycles. The SMILES string of the molecule is COC(=O)C(C(C)(C)CC(C)(C(=O)OCCNC(=O)NCCP(=O)(O)O)C(C)(C)C(C)(C)CC(C)(C(=O)OCC(F)(F)C(F)(F)C(F)(F)F)C(C)(C)SC(=S)OC(C)C)C(C)(C)CC1(C(=O)OCCNC(=O)NCCP(O)O)CC1(C)N(C)C(C)(C(=O)OCC(F)(F)C(F)(F)C(F)(F)F)C(C)(C)SC(=S)OC(C)C. The van der Waals surface area contributed by atoms with E-state index in [1.165, 1.54) is 111 Å². The Morgan fingerprint density at radius 3 is 1.37 bits per heavy atom. The smallest absolute Gasteiger partial charge is 0.460 e. The highest BCUT2D eigenvalue weighted by molar-refractivity contribution is 8.23. The summed E-state index contributed by atoms with van der Waals surface area (Å²) in [6.45, 7) is 19.0. The summed E-state index contributed by atoms with van der Waals surface area (Å²) in [5, 5.41) is 9.27. The maximum atomic E-state index is 15.7. The van der Waals surface area contributed by atoms with Crippen LogP contribution >= 0.6 is 63.9 Å². The van der Waals surface area contributed by atoms with Gasteiger partial charge in [-0.05, 0) is 162 Å². The molecule has 0 aromatic carbocycles. The fourth-order valence-corrected chi connectivity index (χ4v) is 17.9. The second-order valence-corrected chi connectivity index (χ2v) is 39.1. The van der Waals surface area contributed by atoms with Crippen LogP contribution in [0.5, 0.6) is 0 Å². The number of carbonyl (C=O) groups is 7. The molecule has 0 radical (unpaired) electrons. The highest BCUT2D eigenvalue weighted by Gasteiger charge is 2.79. The number of thioether (sulfide) groups is 2. The Morgan fingerprint density at radius 1 is 0.569 bits per heavy atom. The lowest BCUT2D eigenvalue weighted by atomic mass is 9.46. The number of nitrogens with one attached hydrogen (secondary N) is 4. The zero-order valence-corrected chi connectivity index (χ0v) is 69.9. The minimum atomic E-state index is -6.87. The Kier molecular flexibility index (Phi) is 34.7. The Labute approximate surface area is 646 Å². The monoisotopic (exact) mass is 1720 g/mol. The van der Waals surface area contributed by atoms with Crippen LogP contribution in [-0.4, -0.2) is 223 Å². The topological polar surface area (TPSA) is 333 Å². The minimum Gasteiger partial charge on any atom is -0.476 e. The number of hydrogen-bond acceptors (Lipinski definition) is 22. The molecule has 1 aliphatic carbocycles. The van der Waals surface area contributed by atoms with Gasteiger partial charge in [0.05, 0.1) is 60.7 Å². The summed E-state index contributed by atoms with van der Waals surface area (Å²) in [7, 11) is -4.92. The molecule has 0 spiro atoms. The number of ether oxygens (including phenoxy) is 7. The fourth-order valence-electron chi connectivity index (χ4n) is 13.4. The highest BCUT2D eigenvalue weighted by Crippen LogP contribution is 2.70. The van der Waals surface area contributed by atoms with Crippen molar-refractivity contribution in [2.75, 3.05) is 79.1 Å². The average molecular weight is 1720 g/mol. The van der Waals surface area contributed by atoms with E-state index in [-0.39, 0.29) is 21.5 Å². The second-order valence-electron chi connectivity index (χ2n) is 31.7. The van der Waals surface area contributed by atoms with E-state index in [2.05, 4.69) is 21.3 Å². The third-order valence-corrected chi connectivity index (χ3v) is 25.4. The number of amides is 4. The predicted octanol–water partition coefficient (Wildman–Crippen LogP) is 13.3. The number of hydrogen-bond donors (Lipinski definition) is 8. The largest absolute Gasteiger partial charge is 0.476 e. The van der Waals surface area contributed by atoms with Crippen molar-refractivity contribution in [3.05, 3.63) is 0 Å². The van der Waals surface area contributed by atoms with Crippen molar-refractivity contribution in [3.8, 4) is 0 Å². The number of carbonyl (C=O) groups excluding carboxylic acids is 7. The lowest BCUT2D eigenvalue weighted by Crippen LogP contribution is -2.67. The Bertz CT molecular complexity index is 3280. The first-order chi connectivity index (χ1) is 48.5. The Balaban J connectivity index is 4.74. The number of urea groups is 2. The van der Waals surface area contributed by atoms with E-state index in [1.807, 2.05) is 0 Å². The van der Waals surface area contributed by atoms with E-state index in [0.29, 0.717) is 23.5 Å². The molecule has 0 saturated heterocycles. The zero-order chi connectivity index (χ0) is 86.2. The number of thiocarbonyl (C=S) groups is 2. The average Bonchev–Trinajstić information content (AvgIpc) is 1.51. The van der Waals surface area contributed by atoms with Gasteiger partial charge in [0.2, 0.25) is 8.77 Å². The van der Waals surface area contributed by atoms with E-state index in [4.69, 9.17) is 57.6 Å². The van der Waals surface area contributed by atoms with Gasteiger partial charge in [-0.15, -0.1) is 0 Å². The molecular weight excluding hydrogens is 1610 g/mol. The zero-order valence-electron chi connectivity index (χ0n) is 64.8. The number of rotatable bonds is 41. The molecule has 8 N–H and O–H groups in total. The van der Waals surface area contributed by atoms with Crippen LogP contribution in [0.1, 0.15) is 164 Å². The van der Waals surface area contributed by atoms with E-state index < -0.39 is 248 Å². The Hall–Kier alpha value is -4.15. The third kappa shape index (κ3) is 24.5. The molecule has 6 atom stereocenters. The highest BCUT2D eigenvalue weighted by atomic mass is 32.2. The number of methoxy groups -OCH3 is 1. The van der Waals surface area contributed by atoms with Crippen LogP contribution in [0.25, 0.3) is 0 Å². The summed E-state index contributed by atoms with van der Waals surface area (Å²) in [5.41, 5.74) is -18.4. The lowest BCUT2D eigenvalue weighted by Gasteiger charge is -2.58. The maximum Gasteiger partial charge on any atom is 0.460 e. The van der Waals surface area contributed by atoms with Crippen LogP contribution in [0.15, 0.2) is 0 Å². The number of esters is 5. The molecule has 1 aliphatic rings. The first-order valence-electron chi connectivity index (χ1n) is 33.6. The lowest BCUT2D eigenvalue weighted by molar-refractivity contribution is -0.360. The first-order valence-corrected chi connectivity index (χ1v) is 39.3. The predicted molar refractivity (Wildman–Crippen MR) is 385 cm³/mol. The summed E-state index contributed by atoms with van der Waals surface area (Å²) in [5.74, 6) is -34.4. The van der Waals surface area contributed by atoms with Crippen LogP contribution < -0.4 is 21.3 Å². The molecule has 1 rings (SSSR count). The molecule has 1 saturated carbocycles. The normalized spacial score (nSPS) is 18.8. The van der Waals surface area contributed by atoms with Crippen LogP contribution in [0.3, 0.4) is 0 Å². The van der Waals surface area contributed by atoms with Crippen molar-refractivity contribution in [2.24, 2.45) is 43.8 Å². The van der Waals surface area contributed by atoms with Gasteiger partial charge in [-0.3, -0.25) is 28.6 Å². The van der Waals surface area contributed by atoms with E-state index in [0.717, 1.165) is 32.9 Å². The number of alkyl halides is 14. The van der Waals surface area contributed by atoms with Gasteiger partial charge < -0.3 is 74.0 Å². The summed E-state index contributed by atoms with van der Waals surface area (Å²) in [4.78, 5) is 140. The Morgan fingerprint density at radius 2 is 0.963 bits per heavy atom. The van der Waals surface area contributed by atoms with Crippen molar-refractivity contribution in [3.63, 3.8) is 0 Å². The van der Waals surface area contributed by atoms with Gasteiger partial charge in [-0.2, -0.15) is 61.5 Å². The second kappa shape index (κ2) is 36.8. The molecule has 4 amide bonds. The number of nitrogens with zero attached hydrogens (tertiary/aromatic N) is 1. The molecule has 0 aliphatic heterocycles. The molecule has 0 aromatic heterocycles. The van der Waals surface area contributed by atoms with Gasteiger partial charge in [0.25, 0.3) is 0 Å². The maximum absolute atomic E-state index is 15.7. The number of likely N-dealkylation sites (N-methyl/N-ethyl adjacent to an activating group) is 1. The van der Waals surface area contributed by atoms with Crippen molar-refractivity contribution >= 4 is 115 Å². The molecule has 24 nitrogen and oxygen atoms in total.